The number of aliphatic carboxylic acids is 1. The van der Waals surface area contributed by atoms with Gasteiger partial charge in [0, 0.05) is 24.9 Å². The zero-order chi connectivity index (χ0) is 15.9. The first-order valence-electron chi connectivity index (χ1n) is 7.17. The van der Waals surface area contributed by atoms with Crippen molar-refractivity contribution in [2.75, 3.05) is 6.54 Å². The van der Waals surface area contributed by atoms with E-state index in [1.54, 1.807) is 6.20 Å². The third-order valence-corrected chi connectivity index (χ3v) is 3.09. The highest BCUT2D eigenvalue weighted by atomic mass is 16.4. The van der Waals surface area contributed by atoms with Crippen LogP contribution in [0.5, 0.6) is 0 Å². The number of hydrogen-bond donors (Lipinski definition) is 2. The maximum atomic E-state index is 11.8. The zero-order valence-corrected chi connectivity index (χ0v) is 12.9. The fourth-order valence-electron chi connectivity index (χ4n) is 2.10. The van der Waals surface area contributed by atoms with Gasteiger partial charge in [-0.25, -0.2) is 0 Å². The summed E-state index contributed by atoms with van der Waals surface area (Å²) in [6.07, 6.45) is 3.10. The Balaban J connectivity index is 2.38. The van der Waals surface area contributed by atoms with E-state index in [2.05, 4.69) is 10.3 Å². The molecule has 0 aromatic carbocycles. The van der Waals surface area contributed by atoms with Crippen LogP contribution in [0.3, 0.4) is 0 Å². The van der Waals surface area contributed by atoms with Crippen molar-refractivity contribution in [1.82, 2.24) is 10.3 Å². The fraction of sp³-hybridized carbons (Fsp3) is 0.562. The number of aryl methyl sites for hydroxylation is 1. The molecule has 1 amide bonds. The lowest BCUT2D eigenvalue weighted by molar-refractivity contribution is -0.142. The molecule has 0 aliphatic heterocycles. The van der Waals surface area contributed by atoms with Crippen LogP contribution in [0, 0.1) is 11.3 Å². The maximum Gasteiger partial charge on any atom is 0.308 e. The van der Waals surface area contributed by atoms with E-state index >= 15 is 0 Å². The Morgan fingerprint density at radius 1 is 1.33 bits per heavy atom. The molecule has 0 radical (unpaired) electrons. The van der Waals surface area contributed by atoms with E-state index < -0.39 is 11.9 Å². The van der Waals surface area contributed by atoms with Gasteiger partial charge >= 0.3 is 5.97 Å². The Morgan fingerprint density at radius 2 is 2.05 bits per heavy atom. The molecule has 2 N–H and O–H groups in total. The topological polar surface area (TPSA) is 79.3 Å². The summed E-state index contributed by atoms with van der Waals surface area (Å²) in [7, 11) is 0. The highest BCUT2D eigenvalue weighted by Gasteiger charge is 2.24. The minimum Gasteiger partial charge on any atom is -0.481 e. The Hall–Kier alpha value is -1.91. The standard InChI is InChI=1S/C16H24N2O3/c1-16(2,3)10-12(15(20)21)11-18-14(19)8-7-13-6-4-5-9-17-13/h4-6,9,12H,7-8,10-11H2,1-3H3,(H,18,19)(H,20,21). The van der Waals surface area contributed by atoms with Crippen molar-refractivity contribution in [2.24, 2.45) is 11.3 Å². The lowest BCUT2D eigenvalue weighted by atomic mass is 9.84. The Bertz CT molecular complexity index is 466. The van der Waals surface area contributed by atoms with Gasteiger partial charge in [0.15, 0.2) is 0 Å². The third kappa shape index (κ3) is 7.44. The molecule has 5 heteroatoms. The van der Waals surface area contributed by atoms with Crippen molar-refractivity contribution in [2.45, 2.75) is 40.0 Å². The first kappa shape index (κ1) is 17.1. The number of nitrogens with zero attached hydrogens (tertiary/aromatic N) is 1. The molecule has 0 bridgehead atoms. The predicted molar refractivity (Wildman–Crippen MR) is 80.8 cm³/mol. The predicted octanol–water partition coefficient (Wildman–Crippen LogP) is 2.27. The monoisotopic (exact) mass is 292 g/mol. The van der Waals surface area contributed by atoms with Crippen LogP contribution in [0.2, 0.25) is 0 Å². The van der Waals surface area contributed by atoms with Gasteiger partial charge in [-0.05, 0) is 30.4 Å². The van der Waals surface area contributed by atoms with Crippen LogP contribution in [-0.4, -0.2) is 28.5 Å². The number of rotatable bonds is 7. The molecule has 116 valence electrons. The molecule has 0 aliphatic rings. The molecule has 1 rings (SSSR count). The maximum absolute atomic E-state index is 11.8. The van der Waals surface area contributed by atoms with E-state index in [1.165, 1.54) is 0 Å². The molecule has 1 aromatic heterocycles. The Kier molecular flexibility index (Phi) is 6.34. The number of nitrogens with one attached hydrogen (secondary N) is 1. The molecule has 0 saturated heterocycles. The van der Waals surface area contributed by atoms with Gasteiger partial charge in [-0.2, -0.15) is 0 Å². The lowest BCUT2D eigenvalue weighted by Crippen LogP contribution is -2.35. The molecular formula is C16H24N2O3. The third-order valence-electron chi connectivity index (χ3n) is 3.09. The molecule has 1 unspecified atom stereocenters. The molecule has 0 saturated carbocycles. The minimum absolute atomic E-state index is 0.0816. The number of hydrogen-bond acceptors (Lipinski definition) is 3. The Morgan fingerprint density at radius 3 is 2.57 bits per heavy atom. The molecular weight excluding hydrogens is 268 g/mol. The van der Waals surface area contributed by atoms with Crippen molar-refractivity contribution >= 4 is 11.9 Å². The summed E-state index contributed by atoms with van der Waals surface area (Å²) < 4.78 is 0. The first-order chi connectivity index (χ1) is 9.78. The van der Waals surface area contributed by atoms with Gasteiger partial charge in [0.1, 0.15) is 0 Å². The van der Waals surface area contributed by atoms with E-state index in [9.17, 15) is 14.7 Å². The fourth-order valence-corrected chi connectivity index (χ4v) is 2.10. The molecule has 0 spiro atoms. The summed E-state index contributed by atoms with van der Waals surface area (Å²) in [6.45, 7) is 6.15. The second-order valence-electron chi connectivity index (χ2n) is 6.43. The molecule has 21 heavy (non-hydrogen) atoms. The van der Waals surface area contributed by atoms with E-state index in [4.69, 9.17) is 0 Å². The van der Waals surface area contributed by atoms with Crippen LogP contribution in [0.25, 0.3) is 0 Å². The first-order valence-corrected chi connectivity index (χ1v) is 7.17. The van der Waals surface area contributed by atoms with E-state index in [1.807, 2.05) is 39.0 Å². The number of carboxylic acids is 1. The highest BCUT2D eigenvalue weighted by molar-refractivity contribution is 5.77. The SMILES string of the molecule is CC(C)(C)CC(CNC(=O)CCc1ccccn1)C(=O)O. The van der Waals surface area contributed by atoms with Gasteiger partial charge in [0.05, 0.1) is 5.92 Å². The molecule has 1 heterocycles. The summed E-state index contributed by atoms with van der Waals surface area (Å²) >= 11 is 0. The smallest absolute Gasteiger partial charge is 0.308 e. The lowest BCUT2D eigenvalue weighted by Gasteiger charge is -2.23. The number of carbonyl (C=O) groups excluding carboxylic acids is 1. The number of amides is 1. The molecule has 5 nitrogen and oxygen atoms in total. The van der Waals surface area contributed by atoms with Crippen LogP contribution < -0.4 is 5.32 Å². The summed E-state index contributed by atoms with van der Waals surface area (Å²) in [5.41, 5.74) is 0.777. The molecule has 0 fully saturated rings. The average molecular weight is 292 g/mol. The number of aromatic nitrogens is 1. The zero-order valence-electron chi connectivity index (χ0n) is 12.9. The molecule has 1 aromatic rings. The number of carbonyl (C=O) groups is 2. The van der Waals surface area contributed by atoms with Crippen molar-refractivity contribution in [3.63, 3.8) is 0 Å². The Labute approximate surface area is 125 Å². The van der Waals surface area contributed by atoms with Crippen molar-refractivity contribution in [3.05, 3.63) is 30.1 Å². The minimum atomic E-state index is -0.866. The van der Waals surface area contributed by atoms with Gasteiger partial charge in [-0.1, -0.05) is 26.8 Å². The van der Waals surface area contributed by atoms with Crippen LogP contribution in [-0.2, 0) is 16.0 Å². The summed E-state index contributed by atoms with van der Waals surface area (Å²) in [5.74, 6) is -1.56. The van der Waals surface area contributed by atoms with Gasteiger partial charge in [-0.15, -0.1) is 0 Å². The van der Waals surface area contributed by atoms with Gasteiger partial charge in [0.25, 0.3) is 0 Å². The van der Waals surface area contributed by atoms with Crippen LogP contribution in [0.1, 0.15) is 39.3 Å². The quantitative estimate of drug-likeness (QED) is 0.808. The van der Waals surface area contributed by atoms with Crippen molar-refractivity contribution < 1.29 is 14.7 Å². The highest BCUT2D eigenvalue weighted by Crippen LogP contribution is 2.24. The largest absolute Gasteiger partial charge is 0.481 e. The van der Waals surface area contributed by atoms with Gasteiger partial charge < -0.3 is 10.4 Å². The second-order valence-corrected chi connectivity index (χ2v) is 6.43. The average Bonchev–Trinajstić information content (AvgIpc) is 2.41. The van der Waals surface area contributed by atoms with Crippen LogP contribution >= 0.6 is 0 Å². The molecule has 1 atom stereocenters. The second kappa shape index (κ2) is 7.76. The number of carboxylic acid groups (broad SMARTS) is 1. The normalized spacial score (nSPS) is 12.7. The van der Waals surface area contributed by atoms with E-state index in [0.717, 1.165) is 5.69 Å². The van der Waals surface area contributed by atoms with Gasteiger partial charge in [-0.3, -0.25) is 14.6 Å². The van der Waals surface area contributed by atoms with E-state index in [0.29, 0.717) is 19.3 Å². The molecule has 0 aliphatic carbocycles. The van der Waals surface area contributed by atoms with Crippen molar-refractivity contribution in [1.29, 1.82) is 0 Å². The van der Waals surface area contributed by atoms with E-state index in [-0.39, 0.29) is 17.9 Å². The van der Waals surface area contributed by atoms with Crippen molar-refractivity contribution in [3.8, 4) is 0 Å². The summed E-state index contributed by atoms with van der Waals surface area (Å²) in [6, 6.07) is 5.57. The number of pyridine rings is 1. The van der Waals surface area contributed by atoms with Gasteiger partial charge in [0.2, 0.25) is 5.91 Å². The van der Waals surface area contributed by atoms with Crippen LogP contribution in [0.15, 0.2) is 24.4 Å². The summed E-state index contributed by atoms with van der Waals surface area (Å²) in [5, 5.41) is 11.9. The van der Waals surface area contributed by atoms with Crippen LogP contribution in [0.4, 0.5) is 0 Å². The summed E-state index contributed by atoms with van der Waals surface area (Å²) in [4.78, 5) is 27.1.